The molecule has 100 valence electrons. The third-order valence-corrected chi connectivity index (χ3v) is 2.92. The van der Waals surface area contributed by atoms with E-state index in [0.717, 1.165) is 12.0 Å². The monoisotopic (exact) mass is 258 g/mol. The fourth-order valence-electron chi connectivity index (χ4n) is 1.84. The van der Waals surface area contributed by atoms with Gasteiger partial charge >= 0.3 is 0 Å². The van der Waals surface area contributed by atoms with Crippen LogP contribution in [0, 0.1) is 0 Å². The van der Waals surface area contributed by atoms with E-state index >= 15 is 0 Å². The quantitative estimate of drug-likeness (QED) is 0.832. The molecule has 0 aliphatic rings. The molecule has 0 aliphatic heterocycles. The Bertz CT molecular complexity index is 535. The van der Waals surface area contributed by atoms with Gasteiger partial charge in [0.1, 0.15) is 6.04 Å². The number of aromatic nitrogens is 2. The minimum Gasteiger partial charge on any atom is -0.354 e. The SMILES string of the molecule is Cn1cc(C(N)C(=O)NCCc2ccccc2)cn1. The maximum absolute atomic E-state index is 11.9. The zero-order valence-corrected chi connectivity index (χ0v) is 10.9. The summed E-state index contributed by atoms with van der Waals surface area (Å²) in [6, 6.07) is 9.35. The van der Waals surface area contributed by atoms with Gasteiger partial charge in [-0.1, -0.05) is 30.3 Å². The molecular formula is C14H18N4O. The zero-order chi connectivity index (χ0) is 13.7. The normalized spacial score (nSPS) is 12.1. The molecule has 0 saturated carbocycles. The second-order valence-corrected chi connectivity index (χ2v) is 4.45. The third-order valence-electron chi connectivity index (χ3n) is 2.92. The summed E-state index contributed by atoms with van der Waals surface area (Å²) in [5.41, 5.74) is 7.78. The second-order valence-electron chi connectivity index (χ2n) is 4.45. The number of benzene rings is 1. The number of carbonyl (C=O) groups is 1. The van der Waals surface area contributed by atoms with Gasteiger partial charge in [-0.15, -0.1) is 0 Å². The number of amides is 1. The van der Waals surface area contributed by atoms with Crippen LogP contribution in [-0.4, -0.2) is 22.2 Å². The van der Waals surface area contributed by atoms with Crippen molar-refractivity contribution in [3.63, 3.8) is 0 Å². The lowest BCUT2D eigenvalue weighted by molar-refractivity contribution is -0.122. The summed E-state index contributed by atoms with van der Waals surface area (Å²) < 4.78 is 1.63. The molecule has 1 amide bonds. The van der Waals surface area contributed by atoms with Crippen LogP contribution < -0.4 is 11.1 Å². The number of rotatable bonds is 5. The van der Waals surface area contributed by atoms with Crippen molar-refractivity contribution in [1.82, 2.24) is 15.1 Å². The first-order valence-corrected chi connectivity index (χ1v) is 6.22. The second kappa shape index (κ2) is 6.15. The number of carbonyl (C=O) groups excluding carboxylic acids is 1. The molecule has 5 heteroatoms. The van der Waals surface area contributed by atoms with Crippen LogP contribution in [-0.2, 0) is 18.3 Å². The highest BCUT2D eigenvalue weighted by Gasteiger charge is 2.16. The van der Waals surface area contributed by atoms with E-state index in [1.54, 1.807) is 24.1 Å². The first kappa shape index (κ1) is 13.3. The van der Waals surface area contributed by atoms with Crippen molar-refractivity contribution in [2.75, 3.05) is 6.54 Å². The standard InChI is InChI=1S/C14H18N4O/c1-18-10-12(9-17-18)13(15)14(19)16-8-7-11-5-3-2-4-6-11/h2-6,9-10,13H,7-8,15H2,1H3,(H,16,19). The number of nitrogens with one attached hydrogen (secondary N) is 1. The van der Waals surface area contributed by atoms with Gasteiger partial charge in [0.25, 0.3) is 0 Å². The summed E-state index contributed by atoms with van der Waals surface area (Å²) in [5.74, 6) is -0.177. The lowest BCUT2D eigenvalue weighted by Crippen LogP contribution is -2.35. The molecule has 2 aromatic rings. The summed E-state index contributed by atoms with van der Waals surface area (Å²) in [4.78, 5) is 11.9. The van der Waals surface area contributed by atoms with Crippen molar-refractivity contribution in [3.05, 3.63) is 53.9 Å². The van der Waals surface area contributed by atoms with Gasteiger partial charge < -0.3 is 11.1 Å². The molecule has 0 spiro atoms. The molecule has 1 unspecified atom stereocenters. The van der Waals surface area contributed by atoms with Crippen LogP contribution in [0.1, 0.15) is 17.2 Å². The third kappa shape index (κ3) is 3.66. The molecule has 0 saturated heterocycles. The van der Waals surface area contributed by atoms with E-state index in [9.17, 15) is 4.79 Å². The van der Waals surface area contributed by atoms with Crippen molar-refractivity contribution in [2.45, 2.75) is 12.5 Å². The van der Waals surface area contributed by atoms with Gasteiger partial charge in [-0.3, -0.25) is 9.48 Å². The van der Waals surface area contributed by atoms with Gasteiger partial charge in [0, 0.05) is 25.4 Å². The Kier molecular flexibility index (Phi) is 4.30. The van der Waals surface area contributed by atoms with Gasteiger partial charge in [-0.25, -0.2) is 0 Å². The Morgan fingerprint density at radius 2 is 2.16 bits per heavy atom. The average molecular weight is 258 g/mol. The van der Waals surface area contributed by atoms with E-state index in [2.05, 4.69) is 10.4 Å². The molecule has 3 N–H and O–H groups in total. The topological polar surface area (TPSA) is 72.9 Å². The number of hydrogen-bond donors (Lipinski definition) is 2. The van der Waals surface area contributed by atoms with Crippen molar-refractivity contribution in [3.8, 4) is 0 Å². The first-order chi connectivity index (χ1) is 9.16. The van der Waals surface area contributed by atoms with Crippen LogP contribution in [0.4, 0.5) is 0 Å². The predicted molar refractivity (Wildman–Crippen MR) is 73.3 cm³/mol. The molecule has 5 nitrogen and oxygen atoms in total. The van der Waals surface area contributed by atoms with Gasteiger partial charge in [-0.2, -0.15) is 5.10 Å². The molecule has 1 atom stereocenters. The van der Waals surface area contributed by atoms with Crippen molar-refractivity contribution in [2.24, 2.45) is 12.8 Å². The molecule has 1 aromatic carbocycles. The highest BCUT2D eigenvalue weighted by Crippen LogP contribution is 2.08. The molecule has 1 heterocycles. The van der Waals surface area contributed by atoms with Gasteiger partial charge in [0.2, 0.25) is 5.91 Å². The zero-order valence-electron chi connectivity index (χ0n) is 10.9. The van der Waals surface area contributed by atoms with Gasteiger partial charge in [-0.05, 0) is 12.0 Å². The van der Waals surface area contributed by atoms with Crippen LogP contribution in [0.15, 0.2) is 42.7 Å². The van der Waals surface area contributed by atoms with Crippen LogP contribution in [0.3, 0.4) is 0 Å². The van der Waals surface area contributed by atoms with Gasteiger partial charge in [0.15, 0.2) is 0 Å². The molecular weight excluding hydrogens is 240 g/mol. The van der Waals surface area contributed by atoms with Crippen LogP contribution in [0.5, 0.6) is 0 Å². The van der Waals surface area contributed by atoms with E-state index < -0.39 is 6.04 Å². The van der Waals surface area contributed by atoms with Gasteiger partial charge in [0.05, 0.1) is 6.20 Å². The van der Waals surface area contributed by atoms with Crippen molar-refractivity contribution < 1.29 is 4.79 Å². The summed E-state index contributed by atoms with van der Waals surface area (Å²) in [7, 11) is 1.80. The number of hydrogen-bond acceptors (Lipinski definition) is 3. The molecule has 19 heavy (non-hydrogen) atoms. The Labute approximate surface area is 112 Å². The number of nitrogens with zero attached hydrogens (tertiary/aromatic N) is 2. The lowest BCUT2D eigenvalue weighted by atomic mass is 10.1. The molecule has 0 bridgehead atoms. The molecule has 0 aliphatic carbocycles. The molecule has 0 radical (unpaired) electrons. The maximum Gasteiger partial charge on any atom is 0.241 e. The average Bonchev–Trinajstić information content (AvgIpc) is 2.85. The summed E-state index contributed by atoms with van der Waals surface area (Å²) >= 11 is 0. The van der Waals surface area contributed by atoms with Crippen LogP contribution in [0.25, 0.3) is 0 Å². The summed E-state index contributed by atoms with van der Waals surface area (Å²) in [6.45, 7) is 0.580. The molecule has 2 rings (SSSR count). The summed E-state index contributed by atoms with van der Waals surface area (Å²) in [6.07, 6.45) is 4.16. The Balaban J connectivity index is 1.81. The minimum atomic E-state index is -0.663. The van der Waals surface area contributed by atoms with E-state index in [4.69, 9.17) is 5.73 Å². The Hall–Kier alpha value is -2.14. The minimum absolute atomic E-state index is 0.177. The smallest absolute Gasteiger partial charge is 0.241 e. The van der Waals surface area contributed by atoms with E-state index in [1.165, 1.54) is 5.56 Å². The Morgan fingerprint density at radius 3 is 2.79 bits per heavy atom. The molecule has 0 fully saturated rings. The summed E-state index contributed by atoms with van der Waals surface area (Å²) in [5, 5.41) is 6.84. The number of aryl methyl sites for hydroxylation is 1. The fourth-order valence-corrected chi connectivity index (χ4v) is 1.84. The van der Waals surface area contributed by atoms with E-state index in [0.29, 0.717) is 6.54 Å². The lowest BCUT2D eigenvalue weighted by Gasteiger charge is -2.10. The largest absolute Gasteiger partial charge is 0.354 e. The van der Waals surface area contributed by atoms with Crippen molar-refractivity contribution >= 4 is 5.91 Å². The first-order valence-electron chi connectivity index (χ1n) is 6.22. The Morgan fingerprint density at radius 1 is 1.42 bits per heavy atom. The fraction of sp³-hybridized carbons (Fsp3) is 0.286. The van der Waals surface area contributed by atoms with Crippen LogP contribution >= 0.6 is 0 Å². The highest BCUT2D eigenvalue weighted by atomic mass is 16.2. The predicted octanol–water partition coefficient (Wildman–Crippen LogP) is 0.779. The van der Waals surface area contributed by atoms with E-state index in [-0.39, 0.29) is 5.91 Å². The highest BCUT2D eigenvalue weighted by molar-refractivity contribution is 5.82. The molecule has 1 aromatic heterocycles. The van der Waals surface area contributed by atoms with Crippen LogP contribution in [0.2, 0.25) is 0 Å². The maximum atomic E-state index is 11.9. The van der Waals surface area contributed by atoms with Crippen molar-refractivity contribution in [1.29, 1.82) is 0 Å². The number of nitrogens with two attached hydrogens (primary N) is 1. The van der Waals surface area contributed by atoms with E-state index in [1.807, 2.05) is 30.3 Å².